The summed E-state index contributed by atoms with van der Waals surface area (Å²) >= 11 is 0. The fourth-order valence-electron chi connectivity index (χ4n) is 3.39. The van der Waals surface area contributed by atoms with E-state index < -0.39 is 5.97 Å². The number of hydrogen-bond donors (Lipinski definition) is 2. The third-order valence-electron chi connectivity index (χ3n) is 4.77. The van der Waals surface area contributed by atoms with Crippen molar-refractivity contribution in [2.75, 3.05) is 26.2 Å². The number of esters is 1. The highest BCUT2D eigenvalue weighted by molar-refractivity contribution is 6.01. The molecule has 1 aromatic heterocycles. The molecule has 0 saturated carbocycles. The molecular formula is C18H29N3O3. The van der Waals surface area contributed by atoms with Gasteiger partial charge in [-0.1, -0.05) is 6.42 Å². The standard InChI is InChI=1S/C18H29N3O3/c1-5-24-18(23)16-13(3)15(14(4)20-16)17(22)19-9-11-21-10-7-6-8-12(21)2/h12,20H,5-11H2,1-4H3,(H,19,22). The van der Waals surface area contributed by atoms with Crippen molar-refractivity contribution in [1.29, 1.82) is 0 Å². The predicted octanol–water partition coefficient (Wildman–Crippen LogP) is 2.41. The molecule has 0 aliphatic carbocycles. The van der Waals surface area contributed by atoms with Gasteiger partial charge in [-0.25, -0.2) is 4.79 Å². The summed E-state index contributed by atoms with van der Waals surface area (Å²) < 4.78 is 5.02. The van der Waals surface area contributed by atoms with E-state index in [1.165, 1.54) is 19.3 Å². The van der Waals surface area contributed by atoms with Crippen LogP contribution in [0.15, 0.2) is 0 Å². The van der Waals surface area contributed by atoms with Gasteiger partial charge in [-0.15, -0.1) is 0 Å². The molecule has 0 bridgehead atoms. The second kappa shape index (κ2) is 8.33. The Morgan fingerprint density at radius 1 is 1.33 bits per heavy atom. The smallest absolute Gasteiger partial charge is 0.355 e. The lowest BCUT2D eigenvalue weighted by atomic mass is 10.0. The SMILES string of the molecule is CCOC(=O)c1[nH]c(C)c(C(=O)NCCN2CCCCC2C)c1C. The first-order valence-electron chi connectivity index (χ1n) is 8.84. The minimum atomic E-state index is -0.417. The molecule has 6 heteroatoms. The summed E-state index contributed by atoms with van der Waals surface area (Å²) in [5, 5.41) is 2.98. The summed E-state index contributed by atoms with van der Waals surface area (Å²) in [6, 6.07) is 0.585. The maximum absolute atomic E-state index is 12.5. The van der Waals surface area contributed by atoms with Gasteiger partial charge < -0.3 is 15.0 Å². The summed E-state index contributed by atoms with van der Waals surface area (Å²) in [5.74, 6) is -0.555. The van der Waals surface area contributed by atoms with Gasteiger partial charge in [-0.3, -0.25) is 9.69 Å². The number of aromatic amines is 1. The Labute approximate surface area is 143 Å². The number of rotatable bonds is 6. The Kier molecular flexibility index (Phi) is 6.43. The fourth-order valence-corrected chi connectivity index (χ4v) is 3.39. The first-order chi connectivity index (χ1) is 11.5. The quantitative estimate of drug-likeness (QED) is 0.783. The van der Waals surface area contributed by atoms with Crippen LogP contribution < -0.4 is 5.32 Å². The van der Waals surface area contributed by atoms with E-state index in [0.29, 0.717) is 41.7 Å². The Bertz CT molecular complexity index is 595. The minimum Gasteiger partial charge on any atom is -0.461 e. The summed E-state index contributed by atoms with van der Waals surface area (Å²) in [4.78, 5) is 29.8. The molecule has 1 saturated heterocycles. The van der Waals surface area contributed by atoms with Crippen LogP contribution in [0.5, 0.6) is 0 Å². The number of nitrogens with one attached hydrogen (secondary N) is 2. The third-order valence-corrected chi connectivity index (χ3v) is 4.77. The number of nitrogens with zero attached hydrogens (tertiary/aromatic N) is 1. The Hall–Kier alpha value is -1.82. The van der Waals surface area contributed by atoms with Gasteiger partial charge in [0.25, 0.3) is 5.91 Å². The first-order valence-corrected chi connectivity index (χ1v) is 8.84. The second-order valence-electron chi connectivity index (χ2n) is 6.48. The largest absolute Gasteiger partial charge is 0.461 e. The van der Waals surface area contributed by atoms with Crippen LogP contribution in [0.25, 0.3) is 0 Å². The predicted molar refractivity (Wildman–Crippen MR) is 93.4 cm³/mol. The molecule has 1 aliphatic rings. The monoisotopic (exact) mass is 335 g/mol. The molecule has 0 radical (unpaired) electrons. The molecule has 2 heterocycles. The number of aromatic nitrogens is 1. The lowest BCUT2D eigenvalue weighted by Crippen LogP contribution is -2.42. The van der Waals surface area contributed by atoms with Crippen molar-refractivity contribution >= 4 is 11.9 Å². The van der Waals surface area contributed by atoms with Gasteiger partial charge in [-0.05, 0) is 52.6 Å². The molecule has 0 spiro atoms. The minimum absolute atomic E-state index is 0.138. The van der Waals surface area contributed by atoms with E-state index in [2.05, 4.69) is 22.1 Å². The number of likely N-dealkylation sites (tertiary alicyclic amines) is 1. The average molecular weight is 335 g/mol. The highest BCUT2D eigenvalue weighted by Gasteiger charge is 2.23. The van der Waals surface area contributed by atoms with Crippen LogP contribution in [0.4, 0.5) is 0 Å². The number of carbonyl (C=O) groups excluding carboxylic acids is 2. The van der Waals surface area contributed by atoms with Crippen molar-refractivity contribution < 1.29 is 14.3 Å². The molecule has 1 atom stereocenters. The lowest BCUT2D eigenvalue weighted by molar-refractivity contribution is 0.0519. The van der Waals surface area contributed by atoms with Crippen LogP contribution in [0, 0.1) is 13.8 Å². The van der Waals surface area contributed by atoms with E-state index in [0.717, 1.165) is 13.1 Å². The number of amides is 1. The van der Waals surface area contributed by atoms with Crippen LogP contribution >= 0.6 is 0 Å². The van der Waals surface area contributed by atoms with Crippen molar-refractivity contribution in [2.45, 2.75) is 53.0 Å². The molecule has 134 valence electrons. The maximum Gasteiger partial charge on any atom is 0.355 e. The van der Waals surface area contributed by atoms with Crippen molar-refractivity contribution in [3.8, 4) is 0 Å². The van der Waals surface area contributed by atoms with Crippen LogP contribution in [0.3, 0.4) is 0 Å². The van der Waals surface area contributed by atoms with E-state index in [1.54, 1.807) is 20.8 Å². The summed E-state index contributed by atoms with van der Waals surface area (Å²) in [6.07, 6.45) is 3.76. The number of hydrogen-bond acceptors (Lipinski definition) is 4. The van der Waals surface area contributed by atoms with Crippen molar-refractivity contribution in [3.05, 3.63) is 22.5 Å². The molecule has 1 unspecified atom stereocenters. The number of H-pyrrole nitrogens is 1. The molecule has 1 amide bonds. The summed E-state index contributed by atoms with van der Waals surface area (Å²) in [7, 11) is 0. The van der Waals surface area contributed by atoms with Gasteiger partial charge >= 0.3 is 5.97 Å². The molecule has 1 aliphatic heterocycles. The van der Waals surface area contributed by atoms with E-state index in [4.69, 9.17) is 4.74 Å². The molecular weight excluding hydrogens is 306 g/mol. The first kappa shape index (κ1) is 18.5. The van der Waals surface area contributed by atoms with E-state index in [1.807, 2.05) is 0 Å². The zero-order valence-corrected chi connectivity index (χ0v) is 15.2. The van der Waals surface area contributed by atoms with Gasteiger partial charge in [-0.2, -0.15) is 0 Å². The van der Waals surface area contributed by atoms with Gasteiger partial charge in [0.1, 0.15) is 5.69 Å². The topological polar surface area (TPSA) is 74.4 Å². The van der Waals surface area contributed by atoms with Crippen molar-refractivity contribution in [1.82, 2.24) is 15.2 Å². The normalized spacial score (nSPS) is 18.4. The van der Waals surface area contributed by atoms with Crippen molar-refractivity contribution in [2.24, 2.45) is 0 Å². The maximum atomic E-state index is 12.5. The number of piperidine rings is 1. The molecule has 2 N–H and O–H groups in total. The second-order valence-corrected chi connectivity index (χ2v) is 6.48. The Morgan fingerprint density at radius 2 is 2.08 bits per heavy atom. The molecule has 6 nitrogen and oxygen atoms in total. The van der Waals surface area contributed by atoms with Gasteiger partial charge in [0, 0.05) is 24.8 Å². The number of carbonyl (C=O) groups is 2. The third kappa shape index (κ3) is 4.17. The van der Waals surface area contributed by atoms with Crippen molar-refractivity contribution in [3.63, 3.8) is 0 Å². The highest BCUT2D eigenvalue weighted by Crippen LogP contribution is 2.19. The Morgan fingerprint density at radius 3 is 2.75 bits per heavy atom. The molecule has 2 rings (SSSR count). The zero-order valence-electron chi connectivity index (χ0n) is 15.2. The van der Waals surface area contributed by atoms with E-state index in [-0.39, 0.29) is 5.91 Å². The van der Waals surface area contributed by atoms with Crippen LogP contribution in [-0.2, 0) is 4.74 Å². The van der Waals surface area contributed by atoms with Gasteiger partial charge in [0.2, 0.25) is 0 Å². The summed E-state index contributed by atoms with van der Waals surface area (Å²) in [6.45, 7) is 10.5. The zero-order chi connectivity index (χ0) is 17.7. The highest BCUT2D eigenvalue weighted by atomic mass is 16.5. The lowest BCUT2D eigenvalue weighted by Gasteiger charge is -2.33. The van der Waals surface area contributed by atoms with Crippen LogP contribution in [-0.4, -0.2) is 54.0 Å². The van der Waals surface area contributed by atoms with Crippen LogP contribution in [0.1, 0.15) is 65.2 Å². The number of aryl methyl sites for hydroxylation is 1. The molecule has 1 aromatic rings. The summed E-state index contributed by atoms with van der Waals surface area (Å²) in [5.41, 5.74) is 2.25. The average Bonchev–Trinajstić information content (AvgIpc) is 2.84. The van der Waals surface area contributed by atoms with E-state index >= 15 is 0 Å². The van der Waals surface area contributed by atoms with Crippen LogP contribution in [0.2, 0.25) is 0 Å². The molecule has 0 aromatic carbocycles. The van der Waals surface area contributed by atoms with Gasteiger partial charge in [0.15, 0.2) is 0 Å². The molecule has 24 heavy (non-hydrogen) atoms. The number of ether oxygens (including phenoxy) is 1. The van der Waals surface area contributed by atoms with Gasteiger partial charge in [0.05, 0.1) is 12.2 Å². The molecule has 1 fully saturated rings. The van der Waals surface area contributed by atoms with E-state index in [9.17, 15) is 9.59 Å². The fraction of sp³-hybridized carbons (Fsp3) is 0.667. The Balaban J connectivity index is 1.96.